The van der Waals surface area contributed by atoms with Crippen LogP contribution in [0.25, 0.3) is 0 Å². The Morgan fingerprint density at radius 2 is 2.13 bits per heavy atom. The molecule has 1 aliphatic carbocycles. The van der Waals surface area contributed by atoms with E-state index in [4.69, 9.17) is 9.47 Å². The molecule has 0 bridgehead atoms. The van der Waals surface area contributed by atoms with Crippen molar-refractivity contribution in [2.24, 2.45) is 5.92 Å². The molecule has 1 aromatic rings. The summed E-state index contributed by atoms with van der Waals surface area (Å²) in [5, 5.41) is 3.05. The van der Waals surface area contributed by atoms with Crippen LogP contribution in [0.15, 0.2) is 18.2 Å². The lowest BCUT2D eigenvalue weighted by molar-refractivity contribution is -0.161. The lowest BCUT2D eigenvalue weighted by Gasteiger charge is -2.24. The second-order valence-corrected chi connectivity index (χ2v) is 6.39. The monoisotopic (exact) mass is 317 g/mol. The minimum absolute atomic E-state index is 0.243. The Kier molecular flexibility index (Phi) is 4.96. The van der Waals surface area contributed by atoms with Gasteiger partial charge in [-0.25, -0.2) is 4.79 Å². The molecule has 1 aliphatic heterocycles. The van der Waals surface area contributed by atoms with Gasteiger partial charge in [-0.1, -0.05) is 6.07 Å². The lowest BCUT2D eigenvalue weighted by Crippen LogP contribution is -2.34. The molecule has 1 heterocycles. The molecule has 2 atom stereocenters. The lowest BCUT2D eigenvalue weighted by atomic mass is 9.82. The first-order valence-electron chi connectivity index (χ1n) is 8.29. The standard InChI is InChI=1S/C18H23NO4/c1-22-15-7-6-13-9-12(4-5-14(13)11-15)10-17(20)23-18(21)16-3-2-8-19-16/h6-7,11-12,16,19H,2-5,8-10H2,1H3/t12?,16-/m0/s1. The quantitative estimate of drug-likeness (QED) is 0.680. The van der Waals surface area contributed by atoms with E-state index >= 15 is 0 Å². The summed E-state index contributed by atoms with van der Waals surface area (Å²) in [7, 11) is 1.67. The SMILES string of the molecule is COc1ccc2c(c1)CCC(CC(=O)OC(=O)[C@@H]1CCCN1)C2. The normalized spacial score (nSPS) is 23.2. The number of methoxy groups -OCH3 is 1. The van der Waals surface area contributed by atoms with Gasteiger partial charge in [-0.3, -0.25) is 4.79 Å². The van der Waals surface area contributed by atoms with Crippen LogP contribution in [0.4, 0.5) is 0 Å². The van der Waals surface area contributed by atoms with Crippen LogP contribution >= 0.6 is 0 Å². The molecule has 5 heteroatoms. The van der Waals surface area contributed by atoms with Gasteiger partial charge in [0.2, 0.25) is 0 Å². The van der Waals surface area contributed by atoms with Crippen LogP contribution < -0.4 is 10.1 Å². The van der Waals surface area contributed by atoms with Crippen LogP contribution in [0.1, 0.15) is 36.8 Å². The minimum Gasteiger partial charge on any atom is -0.497 e. The highest BCUT2D eigenvalue weighted by Crippen LogP contribution is 2.30. The number of fused-ring (bicyclic) bond motifs is 1. The molecule has 0 aromatic heterocycles. The Labute approximate surface area is 136 Å². The highest BCUT2D eigenvalue weighted by molar-refractivity contribution is 5.88. The molecular weight excluding hydrogens is 294 g/mol. The fraction of sp³-hybridized carbons (Fsp3) is 0.556. The zero-order chi connectivity index (χ0) is 16.2. The van der Waals surface area contributed by atoms with Crippen molar-refractivity contribution in [1.29, 1.82) is 0 Å². The average molecular weight is 317 g/mol. The number of ether oxygens (including phenoxy) is 2. The van der Waals surface area contributed by atoms with Crippen LogP contribution in [0.3, 0.4) is 0 Å². The van der Waals surface area contributed by atoms with Crippen LogP contribution in [0, 0.1) is 5.92 Å². The highest BCUT2D eigenvalue weighted by Gasteiger charge is 2.27. The number of nitrogens with one attached hydrogen (secondary N) is 1. The summed E-state index contributed by atoms with van der Waals surface area (Å²) in [5.41, 5.74) is 2.55. The second-order valence-electron chi connectivity index (χ2n) is 6.39. The zero-order valence-corrected chi connectivity index (χ0v) is 13.5. The Hall–Kier alpha value is -1.88. The molecule has 5 nitrogen and oxygen atoms in total. The first-order chi connectivity index (χ1) is 11.2. The molecule has 124 valence electrons. The molecule has 3 rings (SSSR count). The average Bonchev–Trinajstić information content (AvgIpc) is 3.08. The number of carbonyl (C=O) groups is 2. The van der Waals surface area contributed by atoms with Gasteiger partial charge in [0.25, 0.3) is 0 Å². The molecule has 1 fully saturated rings. The van der Waals surface area contributed by atoms with Crippen LogP contribution in [-0.4, -0.2) is 31.6 Å². The molecule has 1 saturated heterocycles. The fourth-order valence-corrected chi connectivity index (χ4v) is 3.45. The number of hydrogen-bond donors (Lipinski definition) is 1. The van der Waals surface area contributed by atoms with E-state index in [1.54, 1.807) is 7.11 Å². The number of esters is 2. The number of benzene rings is 1. The van der Waals surface area contributed by atoms with Gasteiger partial charge in [-0.2, -0.15) is 0 Å². The number of rotatable bonds is 4. The highest BCUT2D eigenvalue weighted by atomic mass is 16.6. The van der Waals surface area contributed by atoms with Crippen molar-refractivity contribution in [3.05, 3.63) is 29.3 Å². The van der Waals surface area contributed by atoms with E-state index in [0.29, 0.717) is 6.42 Å². The van der Waals surface area contributed by atoms with E-state index in [-0.39, 0.29) is 12.0 Å². The van der Waals surface area contributed by atoms with Gasteiger partial charge in [-0.15, -0.1) is 0 Å². The fourth-order valence-electron chi connectivity index (χ4n) is 3.45. The third kappa shape index (κ3) is 3.91. The van der Waals surface area contributed by atoms with Gasteiger partial charge in [0.05, 0.1) is 7.11 Å². The van der Waals surface area contributed by atoms with Crippen molar-refractivity contribution in [3.63, 3.8) is 0 Å². The summed E-state index contributed by atoms with van der Waals surface area (Å²) in [6, 6.07) is 5.78. The molecule has 0 amide bonds. The maximum atomic E-state index is 12.0. The van der Waals surface area contributed by atoms with Crippen LogP contribution in [0.5, 0.6) is 5.75 Å². The summed E-state index contributed by atoms with van der Waals surface area (Å²) in [4.78, 5) is 23.8. The molecule has 0 saturated carbocycles. The van der Waals surface area contributed by atoms with Gasteiger partial charge >= 0.3 is 11.9 Å². The maximum Gasteiger partial charge on any atom is 0.330 e. The first kappa shape index (κ1) is 16.0. The van der Waals surface area contributed by atoms with Crippen LogP contribution in [-0.2, 0) is 27.2 Å². The van der Waals surface area contributed by atoms with Crippen molar-refractivity contribution in [3.8, 4) is 5.75 Å². The summed E-state index contributed by atoms with van der Waals surface area (Å²) in [6.45, 7) is 0.816. The largest absolute Gasteiger partial charge is 0.497 e. The van der Waals surface area contributed by atoms with E-state index in [1.165, 1.54) is 11.1 Å². The molecule has 23 heavy (non-hydrogen) atoms. The Bertz CT molecular complexity index is 593. The molecule has 1 unspecified atom stereocenters. The topological polar surface area (TPSA) is 64.6 Å². The summed E-state index contributed by atoms with van der Waals surface area (Å²) in [6.07, 6.45) is 4.74. The number of aryl methyl sites for hydroxylation is 1. The van der Waals surface area contributed by atoms with Gasteiger partial charge in [0, 0.05) is 6.42 Å². The molecule has 0 radical (unpaired) electrons. The minimum atomic E-state index is -0.423. The van der Waals surface area contributed by atoms with E-state index in [0.717, 1.165) is 44.4 Å². The summed E-state index contributed by atoms with van der Waals surface area (Å²) < 4.78 is 10.2. The first-order valence-corrected chi connectivity index (χ1v) is 8.29. The molecule has 1 aromatic carbocycles. The van der Waals surface area contributed by atoms with E-state index < -0.39 is 11.9 Å². The Morgan fingerprint density at radius 1 is 1.26 bits per heavy atom. The maximum absolute atomic E-state index is 12.0. The number of carbonyl (C=O) groups excluding carboxylic acids is 2. The third-order valence-electron chi connectivity index (χ3n) is 4.76. The van der Waals surface area contributed by atoms with Gasteiger partial charge in [0.1, 0.15) is 11.8 Å². The summed E-state index contributed by atoms with van der Waals surface area (Å²) in [5.74, 6) is 0.295. The zero-order valence-electron chi connectivity index (χ0n) is 13.5. The van der Waals surface area contributed by atoms with Crippen LogP contribution in [0.2, 0.25) is 0 Å². The predicted octanol–water partition coefficient (Wildman–Crippen LogP) is 2.01. The van der Waals surface area contributed by atoms with Gasteiger partial charge < -0.3 is 14.8 Å². The second kappa shape index (κ2) is 7.13. The molecule has 0 spiro atoms. The Balaban J connectivity index is 1.52. The summed E-state index contributed by atoms with van der Waals surface area (Å²) >= 11 is 0. The van der Waals surface area contributed by atoms with Gasteiger partial charge in [0.15, 0.2) is 0 Å². The van der Waals surface area contributed by atoms with Crippen molar-refractivity contribution in [2.45, 2.75) is 44.6 Å². The third-order valence-corrected chi connectivity index (χ3v) is 4.76. The van der Waals surface area contributed by atoms with Gasteiger partial charge in [-0.05, 0) is 67.8 Å². The molecule has 1 N–H and O–H groups in total. The van der Waals surface area contributed by atoms with E-state index in [9.17, 15) is 9.59 Å². The Morgan fingerprint density at radius 3 is 2.87 bits per heavy atom. The van der Waals surface area contributed by atoms with Crippen molar-refractivity contribution in [1.82, 2.24) is 5.32 Å². The van der Waals surface area contributed by atoms with E-state index in [2.05, 4.69) is 17.4 Å². The van der Waals surface area contributed by atoms with Crippen molar-refractivity contribution < 1.29 is 19.1 Å². The van der Waals surface area contributed by atoms with Crippen molar-refractivity contribution in [2.75, 3.05) is 13.7 Å². The van der Waals surface area contributed by atoms with E-state index in [1.807, 2.05) is 6.07 Å². The smallest absolute Gasteiger partial charge is 0.330 e. The molecular formula is C18H23NO4. The van der Waals surface area contributed by atoms with Crippen molar-refractivity contribution >= 4 is 11.9 Å². The predicted molar refractivity (Wildman–Crippen MR) is 85.2 cm³/mol. The number of hydrogen-bond acceptors (Lipinski definition) is 5. The molecule has 2 aliphatic rings.